The normalized spacial score (nSPS) is 15.7. The molecule has 0 bridgehead atoms. The molecule has 0 radical (unpaired) electrons. The number of hydrogen-bond acceptors (Lipinski definition) is 5. The Morgan fingerprint density at radius 2 is 1.74 bits per heavy atom. The van der Waals surface area contributed by atoms with Gasteiger partial charge in [0.15, 0.2) is 0 Å². The van der Waals surface area contributed by atoms with Gasteiger partial charge in [0, 0.05) is 32.7 Å². The van der Waals surface area contributed by atoms with Gasteiger partial charge in [-0.05, 0) is 48.6 Å². The van der Waals surface area contributed by atoms with Gasteiger partial charge in [-0.25, -0.2) is 13.4 Å². The van der Waals surface area contributed by atoms with Crippen LogP contribution in [0.25, 0.3) is 0 Å². The van der Waals surface area contributed by atoms with Crippen molar-refractivity contribution in [3.05, 3.63) is 60.3 Å². The smallest absolute Gasteiger partial charge is 0.261 e. The van der Waals surface area contributed by atoms with Crippen LogP contribution >= 0.6 is 0 Å². The number of sulfonamides is 1. The summed E-state index contributed by atoms with van der Waals surface area (Å²) < 4.78 is 28.5. The number of nitrogens with one attached hydrogen (secondary N) is 1. The lowest BCUT2D eigenvalue weighted by atomic mass is 9.82. The highest BCUT2D eigenvalue weighted by Crippen LogP contribution is 2.28. The minimum atomic E-state index is -3.68. The highest BCUT2D eigenvalue weighted by Gasteiger charge is 2.22. The number of anilines is 2. The van der Waals surface area contributed by atoms with Gasteiger partial charge in [-0.15, -0.1) is 6.58 Å². The van der Waals surface area contributed by atoms with Gasteiger partial charge in [-0.1, -0.05) is 39.0 Å². The van der Waals surface area contributed by atoms with E-state index in [9.17, 15) is 8.42 Å². The Morgan fingerprint density at radius 3 is 2.29 bits per heavy atom. The van der Waals surface area contributed by atoms with Crippen molar-refractivity contribution in [2.45, 2.75) is 44.4 Å². The van der Waals surface area contributed by atoms with E-state index >= 15 is 0 Å². The molecule has 1 aromatic heterocycles. The maximum absolute atomic E-state index is 12.9. The minimum absolute atomic E-state index is 0.0171. The molecule has 1 aliphatic rings. The van der Waals surface area contributed by atoms with Gasteiger partial charge in [0.25, 0.3) is 10.0 Å². The number of aromatic nitrogens is 1. The lowest BCUT2D eigenvalue weighted by Gasteiger charge is -2.35. The van der Waals surface area contributed by atoms with Gasteiger partial charge in [-0.2, -0.15) is 0 Å². The molecule has 0 aliphatic carbocycles. The van der Waals surface area contributed by atoms with Gasteiger partial charge in [0.1, 0.15) is 5.82 Å². The van der Waals surface area contributed by atoms with Crippen LogP contribution in [0.3, 0.4) is 0 Å². The summed E-state index contributed by atoms with van der Waals surface area (Å²) in [7, 11) is -3.68. The summed E-state index contributed by atoms with van der Waals surface area (Å²) in [5.74, 6) is 0.879. The van der Waals surface area contributed by atoms with Crippen LogP contribution in [0.1, 0.15) is 38.4 Å². The molecule has 168 valence electrons. The number of aryl methyl sites for hydroxylation is 1. The maximum Gasteiger partial charge on any atom is 0.261 e. The molecule has 1 fully saturated rings. The number of rotatable bonds is 8. The van der Waals surface area contributed by atoms with Crippen LogP contribution < -0.4 is 9.62 Å². The van der Waals surface area contributed by atoms with Crippen molar-refractivity contribution in [3.8, 4) is 0 Å². The van der Waals surface area contributed by atoms with Crippen molar-refractivity contribution in [2.24, 2.45) is 0 Å². The summed E-state index contributed by atoms with van der Waals surface area (Å²) in [5, 5.41) is 0. The van der Waals surface area contributed by atoms with Crippen molar-refractivity contribution in [1.29, 1.82) is 0 Å². The first-order valence-corrected chi connectivity index (χ1v) is 12.3. The van der Waals surface area contributed by atoms with E-state index < -0.39 is 10.0 Å². The molecule has 2 aromatic rings. The second-order valence-corrected chi connectivity index (χ2v) is 10.4. The topological polar surface area (TPSA) is 65.5 Å². The predicted octanol–water partition coefficient (Wildman–Crippen LogP) is 4.19. The van der Waals surface area contributed by atoms with E-state index in [2.05, 4.69) is 46.9 Å². The standard InChI is InChI=1S/C24H34N4O2S/c1-6-14-27-15-17-28(18-16-27)23-13-12-22(19(3)25-23)26-31(29,30)21-10-8-20(9-11-21)24(4,5)7-2/h6,8-13,26H,1,7,14-18H2,2-5H3. The van der Waals surface area contributed by atoms with Crippen molar-refractivity contribution in [3.63, 3.8) is 0 Å². The zero-order valence-corrected chi connectivity index (χ0v) is 19.9. The van der Waals surface area contributed by atoms with Crippen LogP contribution in [0.2, 0.25) is 0 Å². The fourth-order valence-corrected chi connectivity index (χ4v) is 4.78. The SMILES string of the molecule is C=CCN1CCN(c2ccc(NS(=O)(=O)c3ccc(C(C)(C)CC)cc3)c(C)n2)CC1. The first-order valence-electron chi connectivity index (χ1n) is 10.9. The van der Waals surface area contributed by atoms with E-state index in [1.807, 2.05) is 31.2 Å². The first-order chi connectivity index (χ1) is 14.7. The molecule has 0 saturated carbocycles. The maximum atomic E-state index is 12.9. The van der Waals surface area contributed by atoms with Crippen LogP contribution in [0.5, 0.6) is 0 Å². The molecule has 31 heavy (non-hydrogen) atoms. The molecule has 3 rings (SSSR count). The van der Waals surface area contributed by atoms with Crippen LogP contribution in [0, 0.1) is 6.92 Å². The molecule has 0 atom stereocenters. The van der Waals surface area contributed by atoms with Crippen LogP contribution in [0.15, 0.2) is 53.9 Å². The summed E-state index contributed by atoms with van der Waals surface area (Å²) in [4.78, 5) is 9.51. The number of nitrogens with zero attached hydrogens (tertiary/aromatic N) is 3. The average Bonchev–Trinajstić information content (AvgIpc) is 2.76. The van der Waals surface area contributed by atoms with Crippen molar-refractivity contribution < 1.29 is 8.42 Å². The van der Waals surface area contributed by atoms with E-state index in [0.29, 0.717) is 11.4 Å². The number of hydrogen-bond donors (Lipinski definition) is 1. The van der Waals surface area contributed by atoms with Crippen molar-refractivity contribution in [2.75, 3.05) is 42.3 Å². The summed E-state index contributed by atoms with van der Waals surface area (Å²) in [6, 6.07) is 10.8. The minimum Gasteiger partial charge on any atom is -0.354 e. The lowest BCUT2D eigenvalue weighted by molar-refractivity contribution is 0.283. The number of pyridine rings is 1. The summed E-state index contributed by atoms with van der Waals surface area (Å²) in [6.45, 7) is 16.7. The molecular weight excluding hydrogens is 408 g/mol. The Bertz CT molecular complexity index is 1010. The third-order valence-electron chi connectivity index (χ3n) is 6.23. The van der Waals surface area contributed by atoms with Gasteiger partial charge in [0.05, 0.1) is 16.3 Å². The second-order valence-electron chi connectivity index (χ2n) is 8.75. The van der Waals surface area contributed by atoms with Gasteiger partial charge in [0.2, 0.25) is 0 Å². The van der Waals surface area contributed by atoms with Crippen LogP contribution in [-0.2, 0) is 15.4 Å². The molecule has 0 unspecified atom stereocenters. The van der Waals surface area contributed by atoms with E-state index in [1.54, 1.807) is 18.2 Å². The van der Waals surface area contributed by atoms with E-state index in [0.717, 1.165) is 50.5 Å². The molecular formula is C24H34N4O2S. The first kappa shape index (κ1) is 23.3. The van der Waals surface area contributed by atoms with Gasteiger partial charge >= 0.3 is 0 Å². The number of piperazine rings is 1. The molecule has 1 saturated heterocycles. The quantitative estimate of drug-likeness (QED) is 0.621. The van der Waals surface area contributed by atoms with Gasteiger partial charge in [-0.3, -0.25) is 9.62 Å². The molecule has 1 aliphatic heterocycles. The Hall–Kier alpha value is -2.38. The van der Waals surface area contributed by atoms with Crippen molar-refractivity contribution >= 4 is 21.5 Å². The Kier molecular flexibility index (Phi) is 7.06. The third kappa shape index (κ3) is 5.46. The monoisotopic (exact) mass is 442 g/mol. The number of benzene rings is 1. The summed E-state index contributed by atoms with van der Waals surface area (Å²) in [6.07, 6.45) is 2.91. The second kappa shape index (κ2) is 9.40. The molecule has 1 N–H and O–H groups in total. The van der Waals surface area contributed by atoms with E-state index in [-0.39, 0.29) is 10.3 Å². The Balaban J connectivity index is 1.71. The largest absolute Gasteiger partial charge is 0.354 e. The summed E-state index contributed by atoms with van der Waals surface area (Å²) >= 11 is 0. The lowest BCUT2D eigenvalue weighted by Crippen LogP contribution is -2.46. The fourth-order valence-electron chi connectivity index (χ4n) is 3.67. The van der Waals surface area contributed by atoms with Crippen molar-refractivity contribution in [1.82, 2.24) is 9.88 Å². The molecule has 2 heterocycles. The van der Waals surface area contributed by atoms with Crippen LogP contribution in [0.4, 0.5) is 11.5 Å². The molecule has 7 heteroatoms. The van der Waals surface area contributed by atoms with E-state index in [1.165, 1.54) is 0 Å². The van der Waals surface area contributed by atoms with Crippen LogP contribution in [-0.4, -0.2) is 51.0 Å². The Morgan fingerprint density at radius 1 is 1.10 bits per heavy atom. The molecule has 6 nitrogen and oxygen atoms in total. The molecule has 1 aromatic carbocycles. The highest BCUT2D eigenvalue weighted by atomic mass is 32.2. The zero-order chi connectivity index (χ0) is 22.6. The third-order valence-corrected chi connectivity index (χ3v) is 7.61. The highest BCUT2D eigenvalue weighted by molar-refractivity contribution is 7.92. The molecule has 0 amide bonds. The molecule has 0 spiro atoms. The van der Waals surface area contributed by atoms with E-state index in [4.69, 9.17) is 0 Å². The zero-order valence-electron chi connectivity index (χ0n) is 19.1. The fraction of sp³-hybridized carbons (Fsp3) is 0.458. The Labute approximate surface area is 187 Å². The predicted molar refractivity (Wildman–Crippen MR) is 128 cm³/mol. The van der Waals surface area contributed by atoms with Gasteiger partial charge < -0.3 is 4.90 Å². The average molecular weight is 443 g/mol. The summed E-state index contributed by atoms with van der Waals surface area (Å²) in [5.41, 5.74) is 2.32.